The predicted molar refractivity (Wildman–Crippen MR) is 135 cm³/mol. The summed E-state index contributed by atoms with van der Waals surface area (Å²) in [6.45, 7) is 4.67. The Morgan fingerprint density at radius 2 is 1.77 bits per heavy atom. The zero-order valence-electron chi connectivity index (χ0n) is 16.6. The number of amidine groups is 2. The Morgan fingerprint density at radius 1 is 1.03 bits per heavy atom. The van der Waals surface area contributed by atoms with Crippen LogP contribution in [0.25, 0.3) is 0 Å². The molecule has 5 rings (SSSR count). The van der Waals surface area contributed by atoms with Crippen LogP contribution in [0.15, 0.2) is 75.7 Å². The van der Waals surface area contributed by atoms with E-state index in [4.69, 9.17) is 9.98 Å². The van der Waals surface area contributed by atoms with Crippen LogP contribution in [0.1, 0.15) is 23.6 Å². The van der Waals surface area contributed by atoms with Gasteiger partial charge in [0, 0.05) is 11.4 Å². The summed E-state index contributed by atoms with van der Waals surface area (Å²) >= 11 is 3.52. The fraction of sp³-hybridized carbons (Fsp3) is 0.273. The zero-order valence-corrected chi connectivity index (χ0v) is 19.8. The normalized spacial score (nSPS) is 21.6. The van der Waals surface area contributed by atoms with E-state index in [1.54, 1.807) is 23.5 Å². The lowest BCUT2D eigenvalue weighted by Crippen LogP contribution is -2.39. The van der Waals surface area contributed by atoms with E-state index in [0.717, 1.165) is 35.7 Å². The molecule has 3 heterocycles. The van der Waals surface area contributed by atoms with Gasteiger partial charge in [0.1, 0.15) is 0 Å². The van der Waals surface area contributed by atoms with Crippen LogP contribution in [-0.2, 0) is 18.6 Å². The maximum absolute atomic E-state index is 4.82. The summed E-state index contributed by atoms with van der Waals surface area (Å²) in [6, 6.07) is 19.2. The first-order valence-electron chi connectivity index (χ1n) is 9.47. The second kappa shape index (κ2) is 9.69. The molecule has 0 amide bonds. The molecular weight excluding hydrogens is 455 g/mol. The number of hydrogen-bond acceptors (Lipinski definition) is 6. The van der Waals surface area contributed by atoms with Crippen molar-refractivity contribution in [3.8, 4) is 0 Å². The van der Waals surface area contributed by atoms with E-state index >= 15 is 0 Å². The van der Waals surface area contributed by atoms with E-state index in [2.05, 4.69) is 77.1 Å². The van der Waals surface area contributed by atoms with Crippen LogP contribution in [0, 0.1) is 0 Å². The molecule has 1 N–H and O–H groups in total. The fourth-order valence-corrected chi connectivity index (χ4v) is 5.68. The lowest BCUT2D eigenvalue weighted by molar-refractivity contribution is 0.482. The maximum Gasteiger partial charge on any atom is 0.168 e. The van der Waals surface area contributed by atoms with Gasteiger partial charge in [-0.15, -0.1) is 24.8 Å². The second-order valence-electron chi connectivity index (χ2n) is 7.41. The van der Waals surface area contributed by atoms with Crippen LogP contribution in [0.3, 0.4) is 0 Å². The number of thioether (sulfide) groups is 2. The third-order valence-corrected chi connectivity index (χ3v) is 7.29. The minimum atomic E-state index is -0.115. The molecule has 0 aliphatic carbocycles. The molecule has 30 heavy (non-hydrogen) atoms. The van der Waals surface area contributed by atoms with Crippen molar-refractivity contribution in [2.75, 3.05) is 12.3 Å². The van der Waals surface area contributed by atoms with Crippen molar-refractivity contribution < 1.29 is 0 Å². The second-order valence-corrected chi connectivity index (χ2v) is 9.21. The summed E-state index contributed by atoms with van der Waals surface area (Å²) in [7, 11) is 0. The Morgan fingerprint density at radius 3 is 2.57 bits per heavy atom. The van der Waals surface area contributed by atoms with Crippen LogP contribution in [0.2, 0.25) is 0 Å². The van der Waals surface area contributed by atoms with Gasteiger partial charge in [-0.3, -0.25) is 9.98 Å². The Bertz CT molecular complexity index is 994. The minimum absolute atomic E-state index is 0. The van der Waals surface area contributed by atoms with E-state index < -0.39 is 0 Å². The molecule has 1 atom stereocenters. The summed E-state index contributed by atoms with van der Waals surface area (Å²) in [6.07, 6.45) is 0. The number of nitrogens with zero attached hydrogens (tertiary/aromatic N) is 3. The molecule has 0 saturated heterocycles. The van der Waals surface area contributed by atoms with Crippen molar-refractivity contribution in [1.29, 1.82) is 0 Å². The van der Waals surface area contributed by atoms with E-state index in [1.165, 1.54) is 22.4 Å². The van der Waals surface area contributed by atoms with Crippen molar-refractivity contribution in [3.05, 3.63) is 82.4 Å². The van der Waals surface area contributed by atoms with Crippen molar-refractivity contribution in [1.82, 2.24) is 10.2 Å². The van der Waals surface area contributed by atoms with Crippen LogP contribution in [-0.4, -0.2) is 27.5 Å². The van der Waals surface area contributed by atoms with Crippen molar-refractivity contribution in [2.45, 2.75) is 25.6 Å². The van der Waals surface area contributed by atoms with E-state index in [1.807, 2.05) is 0 Å². The third kappa shape index (κ3) is 4.52. The average Bonchev–Trinajstić information content (AvgIpc) is 3.25. The summed E-state index contributed by atoms with van der Waals surface area (Å²) in [5.41, 5.74) is 5.17. The molecule has 2 aromatic rings. The lowest BCUT2D eigenvalue weighted by atomic mass is 9.93. The molecule has 3 aliphatic heterocycles. The molecule has 0 fully saturated rings. The molecular formula is C22H24Cl2N4S2. The Kier molecular flexibility index (Phi) is 7.45. The number of fused-ring (bicyclic) bond motifs is 2. The summed E-state index contributed by atoms with van der Waals surface area (Å²) < 4.78 is 0. The largest absolute Gasteiger partial charge is 0.354 e. The van der Waals surface area contributed by atoms with E-state index in [-0.39, 0.29) is 30.4 Å². The van der Waals surface area contributed by atoms with E-state index in [0.29, 0.717) is 0 Å². The smallest absolute Gasteiger partial charge is 0.168 e. The quantitative estimate of drug-likeness (QED) is 0.640. The number of aliphatic imine (C=N–C) groups is 2. The van der Waals surface area contributed by atoms with Crippen LogP contribution < -0.4 is 5.32 Å². The molecule has 0 radical (unpaired) electrons. The molecule has 3 aliphatic rings. The first kappa shape index (κ1) is 23.1. The molecule has 0 spiro atoms. The van der Waals surface area contributed by atoms with Crippen molar-refractivity contribution in [3.63, 3.8) is 0 Å². The molecule has 8 heteroatoms. The molecule has 4 nitrogen and oxygen atoms in total. The number of nitrogens with one attached hydrogen (secondary N) is 1. The van der Waals surface area contributed by atoms with Gasteiger partial charge >= 0.3 is 0 Å². The van der Waals surface area contributed by atoms with Gasteiger partial charge in [0.05, 0.1) is 25.2 Å². The molecule has 0 aromatic heterocycles. The highest BCUT2D eigenvalue weighted by Gasteiger charge is 2.33. The number of halogens is 2. The standard InChI is InChI=1S/C22H22N4S2.2ClH/c1-22(18-9-3-2-4-10-18)15-24-20(25-22)27-13-19-14-28-21-23-11-16-7-5-6-8-17(16)12-26(19)21;;/h2-10,14H,11-13,15H2,1H3,(H,24,25);2*1H. The van der Waals surface area contributed by atoms with Gasteiger partial charge in [0.15, 0.2) is 10.3 Å². The van der Waals surface area contributed by atoms with Crippen LogP contribution in [0.5, 0.6) is 0 Å². The van der Waals surface area contributed by atoms with Crippen molar-refractivity contribution >= 4 is 58.7 Å². The summed E-state index contributed by atoms with van der Waals surface area (Å²) in [4.78, 5) is 11.9. The highest BCUT2D eigenvalue weighted by molar-refractivity contribution is 8.17. The molecule has 1 unspecified atom stereocenters. The summed E-state index contributed by atoms with van der Waals surface area (Å²) in [5.74, 6) is 0.894. The molecule has 2 aromatic carbocycles. The van der Waals surface area contributed by atoms with Gasteiger partial charge in [-0.25, -0.2) is 0 Å². The Labute approximate surface area is 198 Å². The van der Waals surface area contributed by atoms with Gasteiger partial charge < -0.3 is 10.2 Å². The van der Waals surface area contributed by atoms with Gasteiger partial charge in [0.25, 0.3) is 0 Å². The van der Waals surface area contributed by atoms with Crippen LogP contribution in [0.4, 0.5) is 0 Å². The summed E-state index contributed by atoms with van der Waals surface area (Å²) in [5, 5.41) is 8.02. The van der Waals surface area contributed by atoms with Crippen molar-refractivity contribution in [2.24, 2.45) is 9.98 Å². The number of rotatable bonds is 3. The number of hydrogen-bond donors (Lipinski definition) is 1. The molecule has 0 saturated carbocycles. The van der Waals surface area contributed by atoms with Gasteiger partial charge in [-0.2, -0.15) is 0 Å². The topological polar surface area (TPSA) is 40.0 Å². The van der Waals surface area contributed by atoms with Gasteiger partial charge in [-0.05, 0) is 29.0 Å². The monoisotopic (exact) mass is 478 g/mol. The van der Waals surface area contributed by atoms with Gasteiger partial charge in [0.2, 0.25) is 0 Å². The highest BCUT2D eigenvalue weighted by Crippen LogP contribution is 2.34. The molecule has 0 bridgehead atoms. The fourth-order valence-electron chi connectivity index (χ4n) is 3.70. The first-order chi connectivity index (χ1) is 13.7. The first-order valence-corrected chi connectivity index (χ1v) is 11.3. The van der Waals surface area contributed by atoms with Crippen LogP contribution >= 0.6 is 48.3 Å². The highest BCUT2D eigenvalue weighted by atomic mass is 35.5. The third-order valence-electron chi connectivity index (χ3n) is 5.40. The van der Waals surface area contributed by atoms with Gasteiger partial charge in [-0.1, -0.05) is 78.1 Å². The maximum atomic E-state index is 4.82. The zero-order chi connectivity index (χ0) is 19.0. The lowest BCUT2D eigenvalue weighted by Gasteiger charge is -2.25. The van der Waals surface area contributed by atoms with E-state index in [9.17, 15) is 0 Å². The minimum Gasteiger partial charge on any atom is -0.354 e. The Balaban J connectivity index is 0.00000128. The molecule has 158 valence electrons. The Hall–Kier alpha value is -1.60. The predicted octanol–water partition coefficient (Wildman–Crippen LogP) is 5.40. The SMILES string of the molecule is CC1(c2ccccc2)CN=C(SCC2=CSC3=NCc4ccccc4CN23)N1.Cl.Cl. The number of benzene rings is 2. The average molecular weight is 480 g/mol.